The minimum Gasteiger partial charge on any atom is -0.509 e. The van der Waals surface area contributed by atoms with E-state index in [0.29, 0.717) is 45.8 Å². The van der Waals surface area contributed by atoms with Crippen LogP contribution in [0.15, 0.2) is 164 Å². The molecule has 0 N–H and O–H groups in total. The van der Waals surface area contributed by atoms with Crippen LogP contribution in [0, 0.1) is 42.1 Å². The number of hydrogen-bond donors (Lipinski definition) is 0. The number of halogens is 4. The van der Waals surface area contributed by atoms with Gasteiger partial charge >= 0.3 is 0 Å². The second kappa shape index (κ2) is 21.9. The van der Waals surface area contributed by atoms with Crippen LogP contribution < -0.4 is 14.5 Å². The molecule has 13 rings (SSSR count). The fourth-order valence-electron chi connectivity index (χ4n) is 12.8. The van der Waals surface area contributed by atoms with Gasteiger partial charge in [0.05, 0.1) is 0 Å². The molecule has 10 aromatic rings. The Kier molecular flexibility index (Phi) is 14.5. The zero-order valence-electron chi connectivity index (χ0n) is 44.9. The molecule has 0 saturated heterocycles. The second-order valence-corrected chi connectivity index (χ2v) is 22.7. The number of anilines is 4. The Morgan fingerprint density at radius 2 is 1.11 bits per heavy atom. The fraction of sp³-hybridized carbons (Fsp3) is 0.229. The molecule has 2 fully saturated rings. The molecule has 3 aliphatic rings. The molecule has 10 heteroatoms. The number of hydrogen-bond acceptors (Lipinski definition) is 4. The van der Waals surface area contributed by atoms with Crippen molar-refractivity contribution in [2.75, 3.05) is 9.80 Å². The predicted molar refractivity (Wildman–Crippen MR) is 311 cm³/mol. The Balaban J connectivity index is 0.00000637. The maximum absolute atomic E-state index is 15.2. The maximum atomic E-state index is 15.2. The summed E-state index contributed by atoms with van der Waals surface area (Å²) in [6.45, 7) is 8.55. The summed E-state index contributed by atoms with van der Waals surface area (Å²) in [5.74, 6) is -0.414. The SMILES string of the molecule is CC(C)(C)c1ccnc(-n2c3[c-]c(Oc4[c-]c(N5[CH-]N(c6c(-c7cc(F)cc(F)c7)cccc6-c6cc(F)cc(F)c6)c6ccccc65)cc(-c5c(C6CCCCC6)cccc5C5CCCCC5)c4)ccc3c3ccccc32)c1.[Pt]. The van der Waals surface area contributed by atoms with Gasteiger partial charge in [0, 0.05) is 84.6 Å². The van der Waals surface area contributed by atoms with Crippen LogP contribution in [0.1, 0.15) is 114 Å². The summed E-state index contributed by atoms with van der Waals surface area (Å²) in [6.07, 6.45) is 13.6. The molecule has 0 unspecified atom stereocenters. The summed E-state index contributed by atoms with van der Waals surface area (Å²) < 4.78 is 70.2. The van der Waals surface area contributed by atoms with Crippen LogP contribution >= 0.6 is 0 Å². The van der Waals surface area contributed by atoms with Crippen LogP contribution in [-0.2, 0) is 26.5 Å². The topological polar surface area (TPSA) is 33.5 Å². The monoisotopic (exact) mass is 1240 g/mol. The zero-order valence-corrected chi connectivity index (χ0v) is 47.2. The van der Waals surface area contributed by atoms with Crippen molar-refractivity contribution in [3.63, 3.8) is 0 Å². The van der Waals surface area contributed by atoms with Crippen LogP contribution in [0.25, 0.3) is 61.0 Å². The Morgan fingerprint density at radius 3 is 1.73 bits per heavy atom. The van der Waals surface area contributed by atoms with Gasteiger partial charge in [0.25, 0.3) is 0 Å². The number of aromatic nitrogens is 2. The second-order valence-electron chi connectivity index (χ2n) is 22.7. The largest absolute Gasteiger partial charge is 0.509 e. The third-order valence-electron chi connectivity index (χ3n) is 16.5. The number of para-hydroxylation sites is 4. The van der Waals surface area contributed by atoms with Crippen LogP contribution in [0.4, 0.5) is 40.3 Å². The molecule has 2 saturated carbocycles. The van der Waals surface area contributed by atoms with Gasteiger partial charge in [-0.15, -0.1) is 53.6 Å². The van der Waals surface area contributed by atoms with Gasteiger partial charge in [-0.1, -0.05) is 132 Å². The summed E-state index contributed by atoms with van der Waals surface area (Å²) >= 11 is 0. The van der Waals surface area contributed by atoms with Gasteiger partial charge in [0.1, 0.15) is 29.1 Å². The first-order valence-corrected chi connectivity index (χ1v) is 27.8. The van der Waals surface area contributed by atoms with Gasteiger partial charge in [-0.2, -0.15) is 6.07 Å². The van der Waals surface area contributed by atoms with Crippen molar-refractivity contribution in [3.8, 4) is 50.7 Å². The number of nitrogens with zero attached hydrogens (tertiary/aromatic N) is 4. The number of pyridine rings is 1. The first kappa shape index (κ1) is 53.2. The molecule has 0 radical (unpaired) electrons. The van der Waals surface area contributed by atoms with Gasteiger partial charge in [-0.3, -0.25) is 0 Å². The predicted octanol–water partition coefficient (Wildman–Crippen LogP) is 19.9. The molecule has 3 heterocycles. The molecule has 0 atom stereocenters. The summed E-state index contributed by atoms with van der Waals surface area (Å²) in [6, 6.07) is 55.4. The van der Waals surface area contributed by atoms with Crippen LogP contribution in [0.5, 0.6) is 11.5 Å². The quantitative estimate of drug-likeness (QED) is 0.101. The smallest absolute Gasteiger partial charge is 0.135 e. The van der Waals surface area contributed by atoms with E-state index >= 15 is 17.6 Å². The average Bonchev–Trinajstić information content (AvgIpc) is 4.06. The first-order chi connectivity index (χ1) is 38.4. The normalized spacial score (nSPS) is 15.1. The molecule has 5 nitrogen and oxygen atoms in total. The van der Waals surface area contributed by atoms with Crippen molar-refractivity contribution in [2.24, 2.45) is 0 Å². The summed E-state index contributed by atoms with van der Waals surface area (Å²) in [4.78, 5) is 8.93. The van der Waals surface area contributed by atoms with Gasteiger partial charge in [-0.05, 0) is 136 Å². The fourth-order valence-corrected chi connectivity index (χ4v) is 12.8. The van der Waals surface area contributed by atoms with E-state index in [0.717, 1.165) is 82.4 Å². The minimum absolute atomic E-state index is 0. The Bertz CT molecular complexity index is 3820. The molecule has 2 aromatic heterocycles. The van der Waals surface area contributed by atoms with Crippen molar-refractivity contribution < 1.29 is 43.4 Å². The minimum atomic E-state index is -0.750. The van der Waals surface area contributed by atoms with Crippen molar-refractivity contribution >= 4 is 44.6 Å². The van der Waals surface area contributed by atoms with Gasteiger partial charge in [0.2, 0.25) is 0 Å². The van der Waals surface area contributed by atoms with Gasteiger partial charge in [-0.25, -0.2) is 22.5 Å². The maximum Gasteiger partial charge on any atom is 0.135 e. The molecule has 406 valence electrons. The van der Waals surface area contributed by atoms with Gasteiger partial charge in [0.15, 0.2) is 0 Å². The zero-order chi connectivity index (χ0) is 53.9. The van der Waals surface area contributed by atoms with E-state index in [9.17, 15) is 0 Å². The average molecular weight is 1240 g/mol. The van der Waals surface area contributed by atoms with E-state index in [-0.39, 0.29) is 37.6 Å². The van der Waals surface area contributed by atoms with E-state index in [1.807, 2.05) is 54.2 Å². The molecule has 1 aliphatic heterocycles. The molecule has 8 aromatic carbocycles. The van der Waals surface area contributed by atoms with Crippen LogP contribution in [-0.4, -0.2) is 9.55 Å². The molecule has 2 aliphatic carbocycles. The van der Waals surface area contributed by atoms with Gasteiger partial charge < -0.3 is 19.1 Å². The Labute approximate surface area is 480 Å². The Morgan fingerprint density at radius 1 is 0.537 bits per heavy atom. The van der Waals surface area contributed by atoms with E-state index < -0.39 is 23.3 Å². The van der Waals surface area contributed by atoms with E-state index in [1.165, 1.54) is 85.0 Å². The van der Waals surface area contributed by atoms with E-state index in [1.54, 1.807) is 18.2 Å². The number of benzene rings is 8. The van der Waals surface area contributed by atoms with Crippen molar-refractivity contribution in [3.05, 3.63) is 223 Å². The number of fused-ring (bicyclic) bond motifs is 4. The summed E-state index contributed by atoms with van der Waals surface area (Å²) in [7, 11) is 0. The molecule has 0 amide bonds. The number of rotatable bonds is 10. The number of ether oxygens (including phenoxy) is 1. The third kappa shape index (κ3) is 10.1. The third-order valence-corrected chi connectivity index (χ3v) is 16.5. The van der Waals surface area contributed by atoms with E-state index in [4.69, 9.17) is 9.72 Å². The summed E-state index contributed by atoms with van der Waals surface area (Å²) in [5, 5.41) is 2.10. The molecule has 0 spiro atoms. The van der Waals surface area contributed by atoms with Crippen molar-refractivity contribution in [1.29, 1.82) is 0 Å². The summed E-state index contributed by atoms with van der Waals surface area (Å²) in [5.41, 5.74) is 12.0. The van der Waals surface area contributed by atoms with E-state index in [2.05, 4.69) is 109 Å². The van der Waals surface area contributed by atoms with Crippen molar-refractivity contribution in [1.82, 2.24) is 9.55 Å². The van der Waals surface area contributed by atoms with Crippen LogP contribution in [0.2, 0.25) is 0 Å². The molecular weight excluding hydrogens is 1180 g/mol. The first-order valence-electron chi connectivity index (χ1n) is 27.8. The molecule has 0 bridgehead atoms. The molecular formula is C70H59F4N4OPt-3. The Hall–Kier alpha value is -7.48. The van der Waals surface area contributed by atoms with Crippen LogP contribution in [0.3, 0.4) is 0 Å². The molecule has 80 heavy (non-hydrogen) atoms. The van der Waals surface area contributed by atoms with Crippen molar-refractivity contribution in [2.45, 2.75) is 102 Å². The standard InChI is InChI=1S/C70H59F4N4O.Pt/c1-70(2,3)49-30-31-75-67(38-49)78-63-25-11-10-20-61(63)62-29-28-55(42-66(62)78)79-56-37-48(68-57(44-16-6-4-7-17-44)21-14-22-58(68)45-18-8-5-9-19-45)36-54(41-56)76-43-77(65-27-13-12-26-64(65)76)69-59(46-32-50(71)39-51(72)33-46)23-15-24-60(69)47-34-52(73)40-53(74)35-47;/h10-15,20-40,43-45H,4-9,16-19H2,1-3H3;/q-3;.